The molecule has 0 spiro atoms. The third-order valence-corrected chi connectivity index (χ3v) is 5.91. The molecule has 0 fully saturated rings. The molecule has 0 aliphatic rings. The third kappa shape index (κ3) is 5.95. The van der Waals surface area contributed by atoms with Crippen LogP contribution in [0.4, 0.5) is 0 Å². The molecule has 0 aliphatic carbocycles. The van der Waals surface area contributed by atoms with E-state index in [2.05, 4.69) is 101 Å². The summed E-state index contributed by atoms with van der Waals surface area (Å²) in [4.78, 5) is 4.74. The molecule has 4 aromatic rings. The van der Waals surface area contributed by atoms with E-state index in [4.69, 9.17) is 4.98 Å². The molecule has 1 heterocycles. The van der Waals surface area contributed by atoms with Crippen molar-refractivity contribution in [1.29, 1.82) is 0 Å². The summed E-state index contributed by atoms with van der Waals surface area (Å²) in [6.45, 7) is 13.6. The summed E-state index contributed by atoms with van der Waals surface area (Å²) >= 11 is 0. The Labute approximate surface area is 218 Å². The normalized spacial score (nSPS) is 11.2. The van der Waals surface area contributed by atoms with Crippen LogP contribution in [0.15, 0.2) is 67.0 Å². The van der Waals surface area contributed by atoms with Gasteiger partial charge >= 0.3 is 0 Å². The van der Waals surface area contributed by atoms with Crippen molar-refractivity contribution in [3.05, 3.63) is 95.3 Å². The van der Waals surface area contributed by atoms with Gasteiger partial charge < -0.3 is 4.57 Å². The largest absolute Gasteiger partial charge is 0.340 e. The second-order valence-electron chi connectivity index (χ2n) is 10.1. The molecule has 0 saturated carbocycles. The Kier molecular flexibility index (Phi) is 8.68. The van der Waals surface area contributed by atoms with Crippen molar-refractivity contribution in [3.63, 3.8) is 0 Å². The van der Waals surface area contributed by atoms with Crippen molar-refractivity contribution >= 4 is 0 Å². The van der Waals surface area contributed by atoms with Crippen LogP contribution >= 0.6 is 0 Å². The first-order valence-corrected chi connectivity index (χ1v) is 12.1. The van der Waals surface area contributed by atoms with Gasteiger partial charge in [0, 0.05) is 38.2 Å². The Morgan fingerprint density at radius 2 is 1.41 bits per heavy atom. The van der Waals surface area contributed by atoms with Crippen LogP contribution in [0.5, 0.6) is 0 Å². The van der Waals surface area contributed by atoms with Gasteiger partial charge in [0.15, 0.2) is 0 Å². The molecule has 0 aliphatic heterocycles. The average molecular weight is 628 g/mol. The van der Waals surface area contributed by atoms with Gasteiger partial charge in [-0.2, -0.15) is 0 Å². The zero-order valence-electron chi connectivity index (χ0n) is 21.1. The van der Waals surface area contributed by atoms with Crippen LogP contribution in [0.3, 0.4) is 0 Å². The summed E-state index contributed by atoms with van der Waals surface area (Å²) < 4.78 is 2.28. The number of imidazole rings is 1. The molecule has 0 saturated heterocycles. The zero-order valence-corrected chi connectivity index (χ0v) is 23.5. The first kappa shape index (κ1) is 26.1. The van der Waals surface area contributed by atoms with Crippen LogP contribution in [0, 0.1) is 31.7 Å². The average Bonchev–Trinajstić information content (AvgIpc) is 3.22. The number of rotatable bonds is 7. The number of aromatic nitrogens is 2. The third-order valence-electron chi connectivity index (χ3n) is 5.91. The molecule has 0 bridgehead atoms. The summed E-state index contributed by atoms with van der Waals surface area (Å²) in [5.74, 6) is 2.06. The van der Waals surface area contributed by atoms with E-state index < -0.39 is 0 Å². The SMILES string of the molecule is Cc1cc(C)cc(-c2cc(CC(C)C)c(-n3ccnc3-c3[c-]cccc3)c(CC(C)C)c2)c1.[Ir]. The Bertz CT molecular complexity index is 1180. The van der Waals surface area contributed by atoms with E-state index in [1.807, 2.05) is 18.3 Å². The molecule has 3 aromatic carbocycles. The van der Waals surface area contributed by atoms with Gasteiger partial charge in [-0.25, -0.2) is 0 Å². The van der Waals surface area contributed by atoms with Crippen molar-refractivity contribution in [2.45, 2.75) is 54.4 Å². The number of aryl methyl sites for hydroxylation is 2. The first-order valence-electron chi connectivity index (χ1n) is 12.1. The van der Waals surface area contributed by atoms with Crippen LogP contribution < -0.4 is 0 Å². The topological polar surface area (TPSA) is 17.8 Å². The van der Waals surface area contributed by atoms with E-state index in [1.165, 1.54) is 39.1 Å². The van der Waals surface area contributed by atoms with E-state index in [-0.39, 0.29) is 20.1 Å². The van der Waals surface area contributed by atoms with Crippen LogP contribution in [-0.2, 0) is 32.9 Å². The fourth-order valence-corrected chi connectivity index (χ4v) is 4.78. The minimum absolute atomic E-state index is 0. The van der Waals surface area contributed by atoms with Gasteiger partial charge in [-0.3, -0.25) is 4.98 Å². The maximum absolute atomic E-state index is 4.74. The predicted molar refractivity (Wildman–Crippen MR) is 140 cm³/mol. The monoisotopic (exact) mass is 628 g/mol. The number of benzene rings is 3. The maximum Gasteiger partial charge on any atom is 0.0602 e. The number of hydrogen-bond acceptors (Lipinski definition) is 1. The van der Waals surface area contributed by atoms with E-state index in [1.54, 1.807) is 0 Å². The number of hydrogen-bond donors (Lipinski definition) is 0. The molecule has 0 amide bonds. The molecular weight excluding hydrogens is 593 g/mol. The van der Waals surface area contributed by atoms with Crippen LogP contribution in [0.25, 0.3) is 28.2 Å². The maximum atomic E-state index is 4.74. The van der Waals surface area contributed by atoms with Crippen molar-refractivity contribution < 1.29 is 20.1 Å². The summed E-state index contributed by atoms with van der Waals surface area (Å²) in [5.41, 5.74) is 10.3. The zero-order chi connectivity index (χ0) is 23.5. The molecule has 1 radical (unpaired) electrons. The van der Waals surface area contributed by atoms with E-state index in [0.29, 0.717) is 11.8 Å². The summed E-state index contributed by atoms with van der Waals surface area (Å²) in [7, 11) is 0. The quantitative estimate of drug-likeness (QED) is 0.190. The summed E-state index contributed by atoms with van der Waals surface area (Å²) in [5, 5.41) is 0. The van der Waals surface area contributed by atoms with Gasteiger partial charge in [-0.1, -0.05) is 57.0 Å². The first-order chi connectivity index (χ1) is 15.8. The molecule has 0 unspecified atom stereocenters. The minimum atomic E-state index is 0. The Morgan fingerprint density at radius 1 is 0.824 bits per heavy atom. The van der Waals surface area contributed by atoms with Gasteiger partial charge in [-0.15, -0.1) is 35.9 Å². The van der Waals surface area contributed by atoms with E-state index in [0.717, 1.165) is 24.2 Å². The van der Waals surface area contributed by atoms with Crippen molar-refractivity contribution in [2.24, 2.45) is 11.8 Å². The van der Waals surface area contributed by atoms with E-state index in [9.17, 15) is 0 Å². The fourth-order valence-electron chi connectivity index (χ4n) is 4.78. The smallest absolute Gasteiger partial charge is 0.0602 e. The molecule has 34 heavy (non-hydrogen) atoms. The van der Waals surface area contributed by atoms with Crippen LogP contribution in [-0.4, -0.2) is 9.55 Å². The minimum Gasteiger partial charge on any atom is -0.340 e. The molecule has 0 N–H and O–H groups in total. The van der Waals surface area contributed by atoms with Gasteiger partial charge in [0.25, 0.3) is 0 Å². The molecule has 2 nitrogen and oxygen atoms in total. The Morgan fingerprint density at radius 3 is 1.94 bits per heavy atom. The molecule has 1 aromatic heterocycles. The van der Waals surface area contributed by atoms with Gasteiger partial charge in [0.05, 0.1) is 5.82 Å². The second-order valence-corrected chi connectivity index (χ2v) is 10.1. The van der Waals surface area contributed by atoms with Crippen LogP contribution in [0.2, 0.25) is 0 Å². The molecular formula is C31H35IrN2-. The predicted octanol–water partition coefficient (Wildman–Crippen LogP) is 8.02. The van der Waals surface area contributed by atoms with Gasteiger partial charge in [0.2, 0.25) is 0 Å². The molecule has 0 atom stereocenters. The van der Waals surface area contributed by atoms with E-state index >= 15 is 0 Å². The van der Waals surface area contributed by atoms with Crippen molar-refractivity contribution in [2.75, 3.05) is 0 Å². The molecule has 179 valence electrons. The van der Waals surface area contributed by atoms with Gasteiger partial charge in [0.1, 0.15) is 0 Å². The molecule has 4 rings (SSSR count). The fraction of sp³-hybridized carbons (Fsp3) is 0.323. The number of nitrogens with zero attached hydrogens (tertiary/aromatic N) is 2. The summed E-state index contributed by atoms with van der Waals surface area (Å²) in [6, 6.07) is 23.2. The van der Waals surface area contributed by atoms with Gasteiger partial charge in [-0.05, 0) is 72.9 Å². The second kappa shape index (κ2) is 11.3. The van der Waals surface area contributed by atoms with Crippen molar-refractivity contribution in [1.82, 2.24) is 9.55 Å². The standard InChI is InChI=1S/C31H35N2.Ir/c1-21(2)14-28-19-27(26-17-23(5)16-24(6)18-26)20-29(15-22(3)4)30(28)33-13-12-32-31(33)25-10-8-7-9-11-25;/h7-10,12-13,16-22H,14-15H2,1-6H3;/q-1;. The summed E-state index contributed by atoms with van der Waals surface area (Å²) in [6.07, 6.45) is 6.06. The van der Waals surface area contributed by atoms with Crippen LogP contribution in [0.1, 0.15) is 49.9 Å². The Balaban J connectivity index is 0.00000324. The molecule has 3 heteroatoms. The van der Waals surface area contributed by atoms with Crippen molar-refractivity contribution in [3.8, 4) is 28.2 Å². The Hall–Kier alpha value is -2.48.